The van der Waals surface area contributed by atoms with Gasteiger partial charge >= 0.3 is 6.09 Å². The third-order valence-corrected chi connectivity index (χ3v) is 2.14. The number of halogens is 1. The van der Waals surface area contributed by atoms with Crippen molar-refractivity contribution in [2.75, 3.05) is 5.32 Å². The smallest absolute Gasteiger partial charge is 0.391 e. The van der Waals surface area contributed by atoms with Gasteiger partial charge in [0.1, 0.15) is 0 Å². The summed E-state index contributed by atoms with van der Waals surface area (Å²) in [5.74, 6) is 0.243. The van der Waals surface area contributed by atoms with Gasteiger partial charge in [0.25, 0.3) is 0 Å². The first-order chi connectivity index (χ1) is 8.24. The average Bonchev–Trinajstić information content (AvgIpc) is 2.30. The quantitative estimate of drug-likeness (QED) is 0.887. The van der Waals surface area contributed by atoms with Crippen LogP contribution in [0.1, 0.15) is 0 Å². The predicted octanol–water partition coefficient (Wildman–Crippen LogP) is 3.35. The Hall–Kier alpha value is -2.07. The SMILES string of the molecule is O=C(Nc1cccc(Cl)c1)Oc1ccccn1. The van der Waals surface area contributed by atoms with Crippen LogP contribution in [0.5, 0.6) is 5.88 Å². The number of rotatable bonds is 2. The van der Waals surface area contributed by atoms with Crippen LogP contribution in [0.25, 0.3) is 0 Å². The number of nitrogens with zero attached hydrogens (tertiary/aromatic N) is 1. The second-order valence-electron chi connectivity index (χ2n) is 3.19. The number of pyridine rings is 1. The summed E-state index contributed by atoms with van der Waals surface area (Å²) >= 11 is 5.78. The lowest BCUT2D eigenvalue weighted by atomic mass is 10.3. The molecule has 86 valence electrons. The van der Waals surface area contributed by atoms with Gasteiger partial charge in [-0.1, -0.05) is 23.7 Å². The molecule has 0 spiro atoms. The summed E-state index contributed by atoms with van der Waals surface area (Å²) in [6.07, 6.45) is 0.938. The van der Waals surface area contributed by atoms with E-state index >= 15 is 0 Å². The molecule has 0 aliphatic heterocycles. The van der Waals surface area contributed by atoms with Crippen LogP contribution in [0, 0.1) is 0 Å². The van der Waals surface area contributed by atoms with Gasteiger partial charge in [-0.15, -0.1) is 0 Å². The molecule has 4 nitrogen and oxygen atoms in total. The molecule has 0 aliphatic carbocycles. The number of aromatic nitrogens is 1. The maximum Gasteiger partial charge on any atom is 0.418 e. The summed E-state index contributed by atoms with van der Waals surface area (Å²) < 4.78 is 4.95. The van der Waals surface area contributed by atoms with Crippen LogP contribution in [0.4, 0.5) is 10.5 Å². The largest absolute Gasteiger partial charge is 0.418 e. The van der Waals surface area contributed by atoms with Gasteiger partial charge < -0.3 is 4.74 Å². The fourth-order valence-corrected chi connectivity index (χ4v) is 1.40. The number of carbonyl (C=O) groups excluding carboxylic acids is 1. The fourth-order valence-electron chi connectivity index (χ4n) is 1.21. The fraction of sp³-hybridized carbons (Fsp3) is 0. The summed E-state index contributed by atoms with van der Waals surface area (Å²) in [4.78, 5) is 15.3. The highest BCUT2D eigenvalue weighted by Gasteiger charge is 2.05. The molecule has 2 aromatic rings. The molecular weight excluding hydrogens is 240 g/mol. The monoisotopic (exact) mass is 248 g/mol. The van der Waals surface area contributed by atoms with Crippen molar-refractivity contribution in [1.82, 2.24) is 4.98 Å². The van der Waals surface area contributed by atoms with E-state index in [9.17, 15) is 4.79 Å². The van der Waals surface area contributed by atoms with Crippen molar-refractivity contribution < 1.29 is 9.53 Å². The van der Waals surface area contributed by atoms with Gasteiger partial charge in [0.15, 0.2) is 0 Å². The van der Waals surface area contributed by atoms with Crippen LogP contribution in [-0.4, -0.2) is 11.1 Å². The normalized spacial score (nSPS) is 9.71. The first-order valence-electron chi connectivity index (χ1n) is 4.89. The van der Waals surface area contributed by atoms with E-state index in [1.807, 2.05) is 0 Å². The van der Waals surface area contributed by atoms with Crippen LogP contribution >= 0.6 is 11.6 Å². The molecule has 1 heterocycles. The molecule has 0 unspecified atom stereocenters. The van der Waals surface area contributed by atoms with Gasteiger partial charge in [0.05, 0.1) is 0 Å². The number of anilines is 1. The molecule has 5 heteroatoms. The molecule has 2 rings (SSSR count). The first kappa shape index (κ1) is 11.4. The van der Waals surface area contributed by atoms with Crippen molar-refractivity contribution in [3.8, 4) is 5.88 Å². The third-order valence-electron chi connectivity index (χ3n) is 1.91. The van der Waals surface area contributed by atoms with E-state index in [0.29, 0.717) is 10.7 Å². The molecule has 0 aliphatic rings. The van der Waals surface area contributed by atoms with Gasteiger partial charge in [-0.3, -0.25) is 5.32 Å². The molecule has 0 saturated carbocycles. The Morgan fingerprint density at radius 3 is 2.82 bits per heavy atom. The number of carbonyl (C=O) groups is 1. The van der Waals surface area contributed by atoms with Crippen molar-refractivity contribution in [3.63, 3.8) is 0 Å². The molecule has 1 aromatic carbocycles. The molecule has 0 atom stereocenters. The van der Waals surface area contributed by atoms with E-state index in [2.05, 4.69) is 10.3 Å². The van der Waals surface area contributed by atoms with Crippen molar-refractivity contribution in [1.29, 1.82) is 0 Å². The molecule has 0 bridgehead atoms. The number of ether oxygens (including phenoxy) is 1. The second kappa shape index (κ2) is 5.32. The second-order valence-corrected chi connectivity index (χ2v) is 3.63. The van der Waals surface area contributed by atoms with Crippen molar-refractivity contribution in [3.05, 3.63) is 53.7 Å². The Labute approximate surface area is 103 Å². The highest BCUT2D eigenvalue weighted by atomic mass is 35.5. The maximum absolute atomic E-state index is 11.5. The summed E-state index contributed by atoms with van der Waals surface area (Å²) in [5, 5.41) is 3.09. The summed E-state index contributed by atoms with van der Waals surface area (Å²) in [5.41, 5.74) is 0.568. The lowest BCUT2D eigenvalue weighted by Crippen LogP contribution is -2.17. The Balaban J connectivity index is 1.98. The van der Waals surface area contributed by atoms with Crippen LogP contribution in [0.15, 0.2) is 48.7 Å². The average molecular weight is 249 g/mol. The highest BCUT2D eigenvalue weighted by molar-refractivity contribution is 6.30. The molecular formula is C12H9ClN2O2. The number of nitrogens with one attached hydrogen (secondary N) is 1. The van der Waals surface area contributed by atoms with Crippen molar-refractivity contribution >= 4 is 23.4 Å². The van der Waals surface area contributed by atoms with E-state index < -0.39 is 6.09 Å². The van der Waals surface area contributed by atoms with E-state index in [-0.39, 0.29) is 5.88 Å². The zero-order valence-corrected chi connectivity index (χ0v) is 9.52. The van der Waals surface area contributed by atoms with Gasteiger partial charge in [0, 0.05) is 23.0 Å². The molecule has 1 aromatic heterocycles. The van der Waals surface area contributed by atoms with Gasteiger partial charge in [-0.25, -0.2) is 9.78 Å². The number of benzene rings is 1. The number of hydrogen-bond acceptors (Lipinski definition) is 3. The zero-order valence-electron chi connectivity index (χ0n) is 8.76. The van der Waals surface area contributed by atoms with Crippen LogP contribution in [0.3, 0.4) is 0 Å². The molecule has 0 radical (unpaired) electrons. The van der Waals surface area contributed by atoms with Crippen molar-refractivity contribution in [2.24, 2.45) is 0 Å². The highest BCUT2D eigenvalue weighted by Crippen LogP contribution is 2.15. The lowest BCUT2D eigenvalue weighted by molar-refractivity contribution is 0.213. The Kier molecular flexibility index (Phi) is 3.57. The topological polar surface area (TPSA) is 51.2 Å². The minimum atomic E-state index is -0.606. The standard InChI is InChI=1S/C12H9ClN2O2/c13-9-4-3-5-10(8-9)15-12(16)17-11-6-1-2-7-14-11/h1-8H,(H,15,16). The molecule has 0 saturated heterocycles. The summed E-state index contributed by atoms with van der Waals surface area (Å²) in [6.45, 7) is 0. The number of hydrogen-bond donors (Lipinski definition) is 1. The molecule has 1 amide bonds. The minimum Gasteiger partial charge on any atom is -0.391 e. The Morgan fingerprint density at radius 2 is 2.12 bits per heavy atom. The zero-order chi connectivity index (χ0) is 12.1. The van der Waals surface area contributed by atoms with Crippen molar-refractivity contribution in [2.45, 2.75) is 0 Å². The lowest BCUT2D eigenvalue weighted by Gasteiger charge is -2.05. The van der Waals surface area contributed by atoms with Crippen LogP contribution in [-0.2, 0) is 0 Å². The van der Waals surface area contributed by atoms with E-state index in [1.54, 1.807) is 48.7 Å². The van der Waals surface area contributed by atoms with E-state index in [0.717, 1.165) is 0 Å². The maximum atomic E-state index is 11.5. The first-order valence-corrected chi connectivity index (χ1v) is 5.27. The van der Waals surface area contributed by atoms with Gasteiger partial charge in [0.2, 0.25) is 5.88 Å². The van der Waals surface area contributed by atoms with Crippen LogP contribution in [0.2, 0.25) is 5.02 Å². The third kappa shape index (κ3) is 3.46. The van der Waals surface area contributed by atoms with Gasteiger partial charge in [-0.2, -0.15) is 0 Å². The molecule has 0 fully saturated rings. The predicted molar refractivity (Wildman–Crippen MR) is 65.3 cm³/mol. The summed E-state index contributed by atoms with van der Waals surface area (Å²) in [7, 11) is 0. The van der Waals surface area contributed by atoms with Gasteiger partial charge in [-0.05, 0) is 24.3 Å². The van der Waals surface area contributed by atoms with Crippen LogP contribution < -0.4 is 10.1 Å². The Morgan fingerprint density at radius 1 is 1.24 bits per heavy atom. The molecule has 17 heavy (non-hydrogen) atoms. The van der Waals surface area contributed by atoms with E-state index in [4.69, 9.17) is 16.3 Å². The Bertz CT molecular complexity index is 517. The number of amides is 1. The molecule has 1 N–H and O–H groups in total. The summed E-state index contributed by atoms with van der Waals surface area (Å²) in [6, 6.07) is 11.9. The minimum absolute atomic E-state index is 0.243. The van der Waals surface area contributed by atoms with E-state index in [1.165, 1.54) is 0 Å².